The third kappa shape index (κ3) is 2.37. The normalized spacial score (nSPS) is 27.4. The summed E-state index contributed by atoms with van der Waals surface area (Å²) >= 11 is 1.73. The van der Waals surface area contributed by atoms with E-state index in [1.165, 1.54) is 16.8 Å². The zero-order valence-corrected chi connectivity index (χ0v) is 12.1. The largest absolute Gasteiger partial charge is 0.358 e. The van der Waals surface area contributed by atoms with Gasteiger partial charge in [-0.15, -0.1) is 11.8 Å². The fourth-order valence-corrected chi connectivity index (χ4v) is 3.86. The van der Waals surface area contributed by atoms with Crippen LogP contribution in [0.2, 0.25) is 0 Å². The number of benzene rings is 2. The molecular formula is C17H19NS. The molecule has 0 aliphatic carbocycles. The molecule has 2 heteroatoms. The molecule has 0 aromatic heterocycles. The quantitative estimate of drug-likeness (QED) is 0.782. The third-order valence-electron chi connectivity index (χ3n) is 3.72. The van der Waals surface area contributed by atoms with Gasteiger partial charge in [-0.2, -0.15) is 0 Å². The first-order chi connectivity index (χ1) is 9.68. The van der Waals surface area contributed by atoms with Gasteiger partial charge in [-0.1, -0.05) is 48.5 Å². The molecule has 0 saturated carbocycles. The van der Waals surface area contributed by atoms with Gasteiger partial charge in [0, 0.05) is 11.7 Å². The Morgan fingerprint density at radius 3 is 2.53 bits per heavy atom. The Kier molecular flexibility index (Phi) is 3.18. The lowest BCUT2D eigenvalue weighted by Crippen LogP contribution is -2.29. The van der Waals surface area contributed by atoms with E-state index in [0.717, 1.165) is 0 Å². The van der Waals surface area contributed by atoms with Crippen molar-refractivity contribution in [1.29, 1.82) is 0 Å². The Bertz CT molecular complexity index is 587. The molecule has 2 unspecified atom stereocenters. The Balaban J connectivity index is 1.93. The first kappa shape index (κ1) is 11.4. The topological polar surface area (TPSA) is 3.24 Å². The summed E-state index contributed by atoms with van der Waals surface area (Å²) in [6, 6.07) is 19.2. The molecule has 19 heavy (non-hydrogen) atoms. The Labute approximate surface area is 121 Å². The van der Waals surface area contributed by atoms with Crippen molar-refractivity contribution >= 4 is 17.4 Å². The molecule has 0 amide bonds. The zero-order chi connectivity index (χ0) is 14.1. The highest BCUT2D eigenvalue weighted by molar-refractivity contribution is 8.00. The standard InChI is InChI=1S/C17H19NS/c1-13-8-6-7-11-16(13)18-12-19-17(14(18)2)15-9-4-3-5-10-15/h3-11,14,17H,12H2,1-2H3/t14-,17?/m0/s1/i12D/t12?,14-,17?. The van der Waals surface area contributed by atoms with Crippen LogP contribution in [0.5, 0.6) is 0 Å². The maximum atomic E-state index is 8.42. The van der Waals surface area contributed by atoms with Crippen molar-refractivity contribution in [3.05, 3.63) is 65.7 Å². The van der Waals surface area contributed by atoms with E-state index >= 15 is 0 Å². The molecule has 2 aromatic carbocycles. The molecule has 0 spiro atoms. The second-order valence-corrected chi connectivity index (χ2v) is 6.00. The predicted octanol–water partition coefficient (Wildman–Crippen LogP) is 4.64. The van der Waals surface area contributed by atoms with E-state index in [4.69, 9.17) is 1.37 Å². The van der Waals surface area contributed by atoms with Gasteiger partial charge in [-0.3, -0.25) is 0 Å². The molecule has 0 radical (unpaired) electrons. The third-order valence-corrected chi connectivity index (χ3v) is 5.03. The molecule has 1 aliphatic rings. The van der Waals surface area contributed by atoms with Crippen LogP contribution in [0.3, 0.4) is 0 Å². The Hall–Kier alpha value is -1.41. The Morgan fingerprint density at radius 1 is 1.11 bits per heavy atom. The van der Waals surface area contributed by atoms with Gasteiger partial charge in [0.2, 0.25) is 0 Å². The van der Waals surface area contributed by atoms with Gasteiger partial charge in [-0.05, 0) is 31.0 Å². The number of thioether (sulfide) groups is 1. The highest BCUT2D eigenvalue weighted by Gasteiger charge is 2.32. The molecule has 1 aliphatic heterocycles. The summed E-state index contributed by atoms with van der Waals surface area (Å²) in [4.78, 5) is 2.23. The Morgan fingerprint density at radius 2 is 1.79 bits per heavy atom. The average molecular weight is 270 g/mol. The summed E-state index contributed by atoms with van der Waals surface area (Å²) in [5.41, 5.74) is 3.75. The molecule has 2 aromatic rings. The van der Waals surface area contributed by atoms with Crippen LogP contribution in [-0.2, 0) is 0 Å². The van der Waals surface area contributed by atoms with E-state index in [1.807, 2.05) is 6.07 Å². The molecule has 3 rings (SSSR count). The second-order valence-electron chi connectivity index (χ2n) is 5.01. The summed E-state index contributed by atoms with van der Waals surface area (Å²) < 4.78 is 8.42. The van der Waals surface area contributed by atoms with E-state index in [0.29, 0.717) is 11.3 Å². The highest BCUT2D eigenvalue weighted by Crippen LogP contribution is 2.43. The van der Waals surface area contributed by atoms with Crippen molar-refractivity contribution < 1.29 is 1.37 Å². The van der Waals surface area contributed by atoms with Crippen molar-refractivity contribution in [2.45, 2.75) is 25.1 Å². The highest BCUT2D eigenvalue weighted by atomic mass is 32.2. The number of para-hydroxylation sites is 1. The van der Waals surface area contributed by atoms with Crippen molar-refractivity contribution in [3.8, 4) is 0 Å². The molecular weight excluding hydrogens is 250 g/mol. The molecule has 98 valence electrons. The van der Waals surface area contributed by atoms with Crippen LogP contribution < -0.4 is 4.90 Å². The molecule has 0 bridgehead atoms. The van der Waals surface area contributed by atoms with Crippen molar-refractivity contribution in [2.75, 3.05) is 10.8 Å². The molecule has 1 saturated heterocycles. The molecule has 1 heterocycles. The van der Waals surface area contributed by atoms with Gasteiger partial charge in [0.25, 0.3) is 0 Å². The van der Waals surface area contributed by atoms with Crippen molar-refractivity contribution in [1.82, 2.24) is 0 Å². The summed E-state index contributed by atoms with van der Waals surface area (Å²) in [6.45, 7) is 4.35. The van der Waals surface area contributed by atoms with E-state index in [2.05, 4.69) is 67.3 Å². The average Bonchev–Trinajstić information content (AvgIpc) is 2.76. The minimum atomic E-state index is -0.240. The van der Waals surface area contributed by atoms with Gasteiger partial charge < -0.3 is 4.90 Å². The van der Waals surface area contributed by atoms with Crippen LogP contribution in [-0.4, -0.2) is 11.9 Å². The van der Waals surface area contributed by atoms with Gasteiger partial charge >= 0.3 is 0 Å². The number of aryl methyl sites for hydroxylation is 1. The molecule has 1 nitrogen and oxygen atoms in total. The maximum Gasteiger partial charge on any atom is 0.0650 e. The van der Waals surface area contributed by atoms with Crippen LogP contribution in [0.4, 0.5) is 5.69 Å². The summed E-state index contributed by atoms with van der Waals surface area (Å²) in [7, 11) is 0. The molecule has 3 atom stereocenters. The summed E-state index contributed by atoms with van der Waals surface area (Å²) in [6.07, 6.45) is 0. The second kappa shape index (κ2) is 5.30. The maximum absolute atomic E-state index is 8.42. The van der Waals surface area contributed by atoms with Gasteiger partial charge in [0.05, 0.1) is 12.5 Å². The van der Waals surface area contributed by atoms with Crippen LogP contribution in [0.25, 0.3) is 0 Å². The fourth-order valence-electron chi connectivity index (χ4n) is 2.62. The minimum absolute atomic E-state index is 0.240. The van der Waals surface area contributed by atoms with Crippen LogP contribution in [0, 0.1) is 6.92 Å². The van der Waals surface area contributed by atoms with E-state index in [1.54, 1.807) is 11.8 Å². The van der Waals surface area contributed by atoms with E-state index in [-0.39, 0.29) is 5.85 Å². The SMILES string of the molecule is [2H]C1SC(c2ccccc2)[C@H](C)N1c1ccccc1C. The number of hydrogen-bond acceptors (Lipinski definition) is 2. The molecule has 1 fully saturated rings. The van der Waals surface area contributed by atoms with Gasteiger partial charge in [-0.25, -0.2) is 0 Å². The predicted molar refractivity (Wildman–Crippen MR) is 84.8 cm³/mol. The van der Waals surface area contributed by atoms with E-state index < -0.39 is 0 Å². The number of anilines is 1. The smallest absolute Gasteiger partial charge is 0.0650 e. The lowest BCUT2D eigenvalue weighted by Gasteiger charge is -2.27. The molecule has 0 N–H and O–H groups in total. The first-order valence-electron chi connectivity index (χ1n) is 7.23. The fraction of sp³-hybridized carbons (Fsp3) is 0.294. The van der Waals surface area contributed by atoms with Gasteiger partial charge in [0.15, 0.2) is 0 Å². The first-order valence-corrected chi connectivity index (χ1v) is 7.59. The monoisotopic (exact) mass is 270 g/mol. The number of rotatable bonds is 2. The summed E-state index contributed by atoms with van der Waals surface area (Å²) in [5, 5.41) is 0.360. The number of hydrogen-bond donors (Lipinski definition) is 0. The van der Waals surface area contributed by atoms with Crippen molar-refractivity contribution in [3.63, 3.8) is 0 Å². The van der Waals surface area contributed by atoms with E-state index in [9.17, 15) is 0 Å². The van der Waals surface area contributed by atoms with Gasteiger partial charge in [0.1, 0.15) is 0 Å². The van der Waals surface area contributed by atoms with Crippen LogP contribution in [0.1, 0.15) is 24.7 Å². The zero-order valence-electron chi connectivity index (χ0n) is 12.3. The van der Waals surface area contributed by atoms with Crippen LogP contribution in [0.15, 0.2) is 54.6 Å². The number of nitrogens with zero attached hydrogens (tertiary/aromatic N) is 1. The lowest BCUT2D eigenvalue weighted by atomic mass is 10.0. The summed E-state index contributed by atoms with van der Waals surface area (Å²) in [5.74, 6) is -0.240. The lowest BCUT2D eigenvalue weighted by molar-refractivity contribution is 0.691. The minimum Gasteiger partial charge on any atom is -0.358 e. The van der Waals surface area contributed by atoms with Crippen molar-refractivity contribution in [2.24, 2.45) is 0 Å². The van der Waals surface area contributed by atoms with Crippen LogP contribution >= 0.6 is 11.8 Å².